The second-order valence-corrected chi connectivity index (χ2v) is 5.48. The molecule has 3 aromatic rings. The molecule has 0 fully saturated rings. The van der Waals surface area contributed by atoms with Gasteiger partial charge in [-0.1, -0.05) is 24.3 Å². The molecule has 8 heteroatoms. The molecule has 27 heavy (non-hydrogen) atoms. The topological polar surface area (TPSA) is 109 Å². The minimum atomic E-state index is -1.16. The van der Waals surface area contributed by atoms with Gasteiger partial charge in [0.2, 0.25) is 0 Å². The molecule has 134 valence electrons. The van der Waals surface area contributed by atoms with Crippen LogP contribution in [-0.2, 0) is 11.4 Å². The fourth-order valence-electron chi connectivity index (χ4n) is 2.55. The Bertz CT molecular complexity index is 963. The molecule has 0 aliphatic carbocycles. The van der Waals surface area contributed by atoms with Crippen LogP contribution in [0.3, 0.4) is 0 Å². The summed E-state index contributed by atoms with van der Waals surface area (Å²) in [6.45, 7) is -0.924. The Kier molecular flexibility index (Phi) is 7.90. The van der Waals surface area contributed by atoms with Gasteiger partial charge in [0.15, 0.2) is 0 Å². The number of ether oxygens (including phenoxy) is 1. The standard InChI is InChI=1S/C19H16N2O5.K.H/c22-11-16-15-7-6-14(26-13-4-2-1-3-5-13)8-12(15)9-20-18(16)19(25)21-10-17(23)24;;/h1-9,22H,10-11H2,(H,21,25)(H,23,24);;. The van der Waals surface area contributed by atoms with Gasteiger partial charge in [-0.05, 0) is 29.7 Å². The quantitative estimate of drug-likeness (QED) is 0.551. The van der Waals surface area contributed by atoms with Crippen molar-refractivity contribution < 1.29 is 24.5 Å². The minimum absolute atomic E-state index is 0. The molecule has 1 aromatic heterocycles. The third kappa shape index (κ3) is 5.35. The first-order chi connectivity index (χ1) is 12.6. The van der Waals surface area contributed by atoms with E-state index in [1.807, 2.05) is 30.3 Å². The van der Waals surface area contributed by atoms with Crippen molar-refractivity contribution in [1.29, 1.82) is 0 Å². The van der Waals surface area contributed by atoms with Gasteiger partial charge in [0.05, 0.1) is 6.61 Å². The predicted molar refractivity (Wildman–Crippen MR) is 101 cm³/mol. The van der Waals surface area contributed by atoms with Gasteiger partial charge in [-0.3, -0.25) is 14.6 Å². The Hall–Kier alpha value is -1.81. The number of amides is 1. The first kappa shape index (κ1) is 21.5. The molecule has 3 rings (SSSR count). The van der Waals surface area contributed by atoms with Gasteiger partial charge in [-0.25, -0.2) is 0 Å². The van der Waals surface area contributed by atoms with Crippen LogP contribution in [0.2, 0.25) is 0 Å². The van der Waals surface area contributed by atoms with Crippen molar-refractivity contribution in [3.8, 4) is 11.5 Å². The van der Waals surface area contributed by atoms with Gasteiger partial charge < -0.3 is 20.3 Å². The number of hydrogen-bond donors (Lipinski definition) is 3. The molecule has 0 radical (unpaired) electrons. The van der Waals surface area contributed by atoms with Gasteiger partial charge in [-0.2, -0.15) is 0 Å². The molecule has 0 bridgehead atoms. The average Bonchev–Trinajstić information content (AvgIpc) is 2.65. The molecule has 0 aliphatic rings. The third-order valence-corrected chi connectivity index (χ3v) is 3.72. The number of carbonyl (C=O) groups excluding carboxylic acids is 1. The maximum absolute atomic E-state index is 12.1. The van der Waals surface area contributed by atoms with Crippen LogP contribution in [0.4, 0.5) is 0 Å². The number of carbonyl (C=O) groups is 2. The van der Waals surface area contributed by atoms with E-state index in [4.69, 9.17) is 9.84 Å². The Morgan fingerprint density at radius 1 is 1.07 bits per heavy atom. The molecule has 7 nitrogen and oxygen atoms in total. The number of benzene rings is 2. The van der Waals surface area contributed by atoms with E-state index in [0.29, 0.717) is 27.8 Å². The van der Waals surface area contributed by atoms with E-state index in [-0.39, 0.29) is 57.1 Å². The first-order valence-corrected chi connectivity index (χ1v) is 7.84. The van der Waals surface area contributed by atoms with Crippen molar-refractivity contribution in [3.63, 3.8) is 0 Å². The molecule has 0 saturated carbocycles. The predicted octanol–water partition coefficient (Wildman–Crippen LogP) is 1.69. The summed E-state index contributed by atoms with van der Waals surface area (Å²) in [6.07, 6.45) is 1.49. The molecule has 0 atom stereocenters. The number of carboxylic acid groups (broad SMARTS) is 1. The van der Waals surface area contributed by atoms with E-state index in [0.717, 1.165) is 0 Å². The van der Waals surface area contributed by atoms with Gasteiger partial charge in [0, 0.05) is 17.1 Å². The van der Waals surface area contributed by atoms with Crippen molar-refractivity contribution in [2.75, 3.05) is 6.54 Å². The Balaban J connectivity index is 0.00000261. The molecule has 1 amide bonds. The molecule has 2 aromatic carbocycles. The zero-order valence-corrected chi connectivity index (χ0v) is 13.7. The number of nitrogens with one attached hydrogen (secondary N) is 1. The van der Waals surface area contributed by atoms with Crippen LogP contribution in [0.25, 0.3) is 10.8 Å². The zero-order valence-electron chi connectivity index (χ0n) is 13.7. The van der Waals surface area contributed by atoms with Crippen LogP contribution in [-0.4, -0.2) is 85.0 Å². The summed E-state index contributed by atoms with van der Waals surface area (Å²) in [5, 5.41) is 21.9. The number of pyridine rings is 1. The Morgan fingerprint density at radius 3 is 2.48 bits per heavy atom. The van der Waals surface area contributed by atoms with Crippen molar-refractivity contribution >= 4 is 74.0 Å². The number of aromatic nitrogens is 1. The van der Waals surface area contributed by atoms with Crippen LogP contribution in [0.15, 0.2) is 54.7 Å². The van der Waals surface area contributed by atoms with Crippen LogP contribution < -0.4 is 10.1 Å². The third-order valence-electron chi connectivity index (χ3n) is 3.72. The molecule has 0 unspecified atom stereocenters. The Labute approximate surface area is 197 Å². The Morgan fingerprint density at radius 2 is 1.81 bits per heavy atom. The van der Waals surface area contributed by atoms with E-state index in [9.17, 15) is 14.7 Å². The number of aliphatic hydroxyl groups is 1. The number of aliphatic hydroxyl groups excluding tert-OH is 1. The number of nitrogens with zero attached hydrogens (tertiary/aromatic N) is 1. The summed E-state index contributed by atoms with van der Waals surface area (Å²) >= 11 is 0. The number of fused-ring (bicyclic) bond motifs is 1. The van der Waals surface area contributed by atoms with Crippen molar-refractivity contribution in [3.05, 3.63) is 66.0 Å². The van der Waals surface area contributed by atoms with Crippen LogP contribution in [0, 0.1) is 0 Å². The summed E-state index contributed by atoms with van der Waals surface area (Å²) < 4.78 is 5.77. The number of carboxylic acids is 1. The fourth-order valence-corrected chi connectivity index (χ4v) is 2.55. The summed E-state index contributed by atoms with van der Waals surface area (Å²) in [7, 11) is 0. The summed E-state index contributed by atoms with van der Waals surface area (Å²) in [6, 6.07) is 14.5. The molecule has 1 heterocycles. The number of aliphatic carboxylic acids is 1. The van der Waals surface area contributed by atoms with E-state index in [2.05, 4.69) is 10.3 Å². The van der Waals surface area contributed by atoms with Gasteiger partial charge >= 0.3 is 57.4 Å². The molecule has 0 spiro atoms. The van der Waals surface area contributed by atoms with E-state index in [1.54, 1.807) is 18.2 Å². The van der Waals surface area contributed by atoms with Crippen molar-refractivity contribution in [2.24, 2.45) is 0 Å². The molecular weight excluding hydrogens is 375 g/mol. The second-order valence-electron chi connectivity index (χ2n) is 5.48. The van der Waals surface area contributed by atoms with Crippen molar-refractivity contribution in [2.45, 2.75) is 6.61 Å². The molecular formula is C19H17KN2O5. The maximum atomic E-state index is 12.1. The average molecular weight is 392 g/mol. The fraction of sp³-hybridized carbons (Fsp3) is 0.105. The SMILES string of the molecule is O=C(O)CNC(=O)c1ncc2cc(Oc3ccccc3)ccc2c1CO.[KH]. The number of rotatable bonds is 6. The monoisotopic (exact) mass is 392 g/mol. The number of para-hydroxylation sites is 1. The van der Waals surface area contributed by atoms with Gasteiger partial charge in [0.1, 0.15) is 23.7 Å². The van der Waals surface area contributed by atoms with Crippen LogP contribution in [0.5, 0.6) is 11.5 Å². The van der Waals surface area contributed by atoms with Crippen LogP contribution in [0.1, 0.15) is 16.1 Å². The van der Waals surface area contributed by atoms with E-state index >= 15 is 0 Å². The second kappa shape index (κ2) is 9.93. The zero-order chi connectivity index (χ0) is 18.5. The summed E-state index contributed by atoms with van der Waals surface area (Å²) in [4.78, 5) is 26.8. The summed E-state index contributed by atoms with van der Waals surface area (Å²) in [5.74, 6) is -0.528. The van der Waals surface area contributed by atoms with E-state index < -0.39 is 25.0 Å². The van der Waals surface area contributed by atoms with Crippen LogP contribution >= 0.6 is 0 Å². The summed E-state index contributed by atoms with van der Waals surface area (Å²) in [5.41, 5.74) is 0.328. The normalized spacial score (nSPS) is 10.1. The molecule has 0 aliphatic heterocycles. The van der Waals surface area contributed by atoms with E-state index in [1.165, 1.54) is 6.20 Å². The molecule has 3 N–H and O–H groups in total. The number of hydrogen-bond acceptors (Lipinski definition) is 5. The van der Waals surface area contributed by atoms with Gasteiger partial charge in [0.25, 0.3) is 5.91 Å². The van der Waals surface area contributed by atoms with Gasteiger partial charge in [-0.15, -0.1) is 0 Å². The molecule has 0 saturated heterocycles. The van der Waals surface area contributed by atoms with Crippen molar-refractivity contribution in [1.82, 2.24) is 10.3 Å². The first-order valence-electron chi connectivity index (χ1n) is 7.84.